The summed E-state index contributed by atoms with van der Waals surface area (Å²) in [6.45, 7) is 1.58. The number of aryl methyl sites for hydroxylation is 2. The molecule has 132 valence electrons. The molecule has 2 aromatic rings. The van der Waals surface area contributed by atoms with Crippen LogP contribution < -0.4 is 5.32 Å². The van der Waals surface area contributed by atoms with Gasteiger partial charge in [0.2, 0.25) is 5.76 Å². The standard InChI is InChI=1S/C18H17F3N2O2/c1-10-14(25-16(22-10)12-6-7-12)15(24)23-17(18(19,20)21)9-8-11-4-2-3-5-13(11)17/h2-5,12H,6-9H2,1H3,(H,23,24). The van der Waals surface area contributed by atoms with Gasteiger partial charge >= 0.3 is 6.18 Å². The lowest BCUT2D eigenvalue weighted by molar-refractivity contribution is -0.197. The van der Waals surface area contributed by atoms with E-state index in [1.54, 1.807) is 25.1 Å². The van der Waals surface area contributed by atoms with Crippen LogP contribution in [0.4, 0.5) is 13.2 Å². The number of hydrogen-bond donors (Lipinski definition) is 1. The molecule has 1 heterocycles. The molecule has 1 aromatic heterocycles. The lowest BCUT2D eigenvalue weighted by atomic mass is 9.90. The third kappa shape index (κ3) is 2.53. The number of fused-ring (bicyclic) bond motifs is 1. The first-order valence-corrected chi connectivity index (χ1v) is 8.27. The molecule has 2 aliphatic rings. The van der Waals surface area contributed by atoms with Gasteiger partial charge in [-0.1, -0.05) is 24.3 Å². The SMILES string of the molecule is Cc1nc(C2CC2)oc1C(=O)NC1(C(F)(F)F)CCc2ccccc21. The Morgan fingerprint density at radius 2 is 2.04 bits per heavy atom. The number of rotatable bonds is 3. The highest BCUT2D eigenvalue weighted by molar-refractivity contribution is 5.93. The number of alkyl halides is 3. The summed E-state index contributed by atoms with van der Waals surface area (Å²) < 4.78 is 47.3. The second-order valence-corrected chi connectivity index (χ2v) is 6.76. The predicted octanol–water partition coefficient (Wildman–Crippen LogP) is 3.99. The maximum Gasteiger partial charge on any atom is 0.415 e. The monoisotopic (exact) mass is 350 g/mol. The number of nitrogens with one attached hydrogen (secondary N) is 1. The molecule has 1 N–H and O–H groups in total. The van der Waals surface area contributed by atoms with Gasteiger partial charge in [-0.25, -0.2) is 4.98 Å². The van der Waals surface area contributed by atoms with Crippen molar-refractivity contribution in [2.45, 2.75) is 50.2 Å². The Labute approximate surface area is 142 Å². The van der Waals surface area contributed by atoms with Gasteiger partial charge in [-0.2, -0.15) is 13.2 Å². The molecule has 1 fully saturated rings. The summed E-state index contributed by atoms with van der Waals surface area (Å²) in [6, 6.07) is 6.36. The van der Waals surface area contributed by atoms with Crippen molar-refractivity contribution in [3.8, 4) is 0 Å². The zero-order valence-corrected chi connectivity index (χ0v) is 13.6. The summed E-state index contributed by atoms with van der Waals surface area (Å²) >= 11 is 0. The number of nitrogens with zero attached hydrogens (tertiary/aromatic N) is 1. The largest absolute Gasteiger partial charge is 0.435 e. The summed E-state index contributed by atoms with van der Waals surface area (Å²) in [7, 11) is 0. The molecule has 0 saturated heterocycles. The van der Waals surface area contributed by atoms with Gasteiger partial charge in [0.25, 0.3) is 5.91 Å². The van der Waals surface area contributed by atoms with E-state index in [2.05, 4.69) is 10.3 Å². The minimum Gasteiger partial charge on any atom is -0.435 e. The molecule has 2 aliphatic carbocycles. The fourth-order valence-electron chi connectivity index (χ4n) is 3.49. The van der Waals surface area contributed by atoms with Gasteiger partial charge < -0.3 is 9.73 Å². The second-order valence-electron chi connectivity index (χ2n) is 6.76. The molecule has 1 unspecified atom stereocenters. The van der Waals surface area contributed by atoms with E-state index in [1.807, 2.05) is 0 Å². The molecule has 1 atom stereocenters. The highest BCUT2D eigenvalue weighted by Gasteiger charge is 2.60. The molecule has 1 saturated carbocycles. The van der Waals surface area contributed by atoms with Crippen LogP contribution in [-0.4, -0.2) is 17.1 Å². The van der Waals surface area contributed by atoms with Gasteiger partial charge in [-0.15, -0.1) is 0 Å². The van der Waals surface area contributed by atoms with E-state index in [-0.39, 0.29) is 30.1 Å². The van der Waals surface area contributed by atoms with Crippen molar-refractivity contribution in [1.29, 1.82) is 0 Å². The van der Waals surface area contributed by atoms with Crippen molar-refractivity contribution in [2.24, 2.45) is 0 Å². The molecule has 7 heteroatoms. The van der Waals surface area contributed by atoms with Crippen LogP contribution in [0.2, 0.25) is 0 Å². The minimum absolute atomic E-state index is 0.107. The summed E-state index contributed by atoms with van der Waals surface area (Å²) in [5, 5.41) is 2.22. The molecule has 1 aromatic carbocycles. The van der Waals surface area contributed by atoms with Gasteiger partial charge in [0.1, 0.15) is 0 Å². The van der Waals surface area contributed by atoms with E-state index >= 15 is 0 Å². The molecular weight excluding hydrogens is 333 g/mol. The van der Waals surface area contributed by atoms with E-state index < -0.39 is 17.6 Å². The van der Waals surface area contributed by atoms with Crippen LogP contribution in [-0.2, 0) is 12.0 Å². The zero-order valence-electron chi connectivity index (χ0n) is 13.6. The van der Waals surface area contributed by atoms with Gasteiger partial charge in [0, 0.05) is 5.92 Å². The highest BCUT2D eigenvalue weighted by atomic mass is 19.4. The average molecular weight is 350 g/mol. The van der Waals surface area contributed by atoms with E-state index in [0.29, 0.717) is 17.1 Å². The van der Waals surface area contributed by atoms with Gasteiger partial charge in [-0.3, -0.25) is 4.79 Å². The first-order valence-electron chi connectivity index (χ1n) is 8.27. The summed E-state index contributed by atoms with van der Waals surface area (Å²) in [4.78, 5) is 16.8. The van der Waals surface area contributed by atoms with E-state index in [0.717, 1.165) is 12.8 Å². The molecule has 4 rings (SSSR count). The summed E-state index contributed by atoms with van der Waals surface area (Å²) in [5.74, 6) is -0.375. The van der Waals surface area contributed by atoms with Crippen molar-refractivity contribution in [3.63, 3.8) is 0 Å². The van der Waals surface area contributed by atoms with Crippen LogP contribution in [0.1, 0.15) is 58.4 Å². The molecule has 0 radical (unpaired) electrons. The Balaban J connectivity index is 1.70. The van der Waals surface area contributed by atoms with Crippen LogP contribution in [0.15, 0.2) is 28.7 Å². The van der Waals surface area contributed by atoms with Gasteiger partial charge in [0.05, 0.1) is 5.69 Å². The van der Waals surface area contributed by atoms with E-state index in [1.165, 1.54) is 6.07 Å². The Bertz CT molecular complexity index is 839. The smallest absolute Gasteiger partial charge is 0.415 e. The Hall–Kier alpha value is -2.31. The van der Waals surface area contributed by atoms with Gasteiger partial charge in [-0.05, 0) is 43.7 Å². The average Bonchev–Trinajstić information content (AvgIpc) is 3.23. The summed E-state index contributed by atoms with van der Waals surface area (Å²) in [6.07, 6.45) is -2.70. The number of oxazole rings is 1. The van der Waals surface area contributed by atoms with Gasteiger partial charge in [0.15, 0.2) is 11.4 Å². The third-order valence-electron chi connectivity index (χ3n) is 5.00. The number of amides is 1. The first-order chi connectivity index (χ1) is 11.8. The normalized spacial score (nSPS) is 22.7. The maximum absolute atomic E-state index is 14.0. The molecule has 1 amide bonds. The van der Waals surface area contributed by atoms with Crippen molar-refractivity contribution in [1.82, 2.24) is 10.3 Å². The lowest BCUT2D eigenvalue weighted by Crippen LogP contribution is -2.54. The van der Waals surface area contributed by atoms with Crippen LogP contribution >= 0.6 is 0 Å². The number of benzene rings is 1. The molecule has 0 aliphatic heterocycles. The number of halogens is 3. The van der Waals surface area contributed by atoms with Crippen molar-refractivity contribution < 1.29 is 22.4 Å². The van der Waals surface area contributed by atoms with Crippen LogP contribution in [0.5, 0.6) is 0 Å². The van der Waals surface area contributed by atoms with Crippen molar-refractivity contribution in [2.75, 3.05) is 0 Å². The topological polar surface area (TPSA) is 55.1 Å². The van der Waals surface area contributed by atoms with Crippen LogP contribution in [0.25, 0.3) is 0 Å². The number of aromatic nitrogens is 1. The van der Waals surface area contributed by atoms with E-state index in [9.17, 15) is 18.0 Å². The number of carbonyl (C=O) groups is 1. The number of carbonyl (C=O) groups excluding carboxylic acids is 1. The maximum atomic E-state index is 14.0. The Morgan fingerprint density at radius 3 is 2.72 bits per heavy atom. The molecule has 25 heavy (non-hydrogen) atoms. The second kappa shape index (κ2) is 5.34. The first kappa shape index (κ1) is 16.2. The fourth-order valence-corrected chi connectivity index (χ4v) is 3.49. The lowest BCUT2D eigenvalue weighted by Gasteiger charge is -2.33. The number of hydrogen-bond acceptors (Lipinski definition) is 3. The van der Waals surface area contributed by atoms with Crippen LogP contribution in [0.3, 0.4) is 0 Å². The van der Waals surface area contributed by atoms with E-state index in [4.69, 9.17) is 4.42 Å². The highest BCUT2D eigenvalue weighted by Crippen LogP contribution is 2.48. The molecular formula is C18H17F3N2O2. The van der Waals surface area contributed by atoms with Crippen molar-refractivity contribution in [3.05, 3.63) is 52.7 Å². The summed E-state index contributed by atoms with van der Waals surface area (Å²) in [5.41, 5.74) is -1.36. The Kier molecular flexibility index (Phi) is 3.46. The van der Waals surface area contributed by atoms with Crippen LogP contribution in [0, 0.1) is 6.92 Å². The molecule has 0 spiro atoms. The third-order valence-corrected chi connectivity index (χ3v) is 5.00. The zero-order chi connectivity index (χ0) is 17.8. The Morgan fingerprint density at radius 1 is 1.32 bits per heavy atom. The fraction of sp³-hybridized carbons (Fsp3) is 0.444. The molecule has 4 nitrogen and oxygen atoms in total. The molecule has 0 bridgehead atoms. The quantitative estimate of drug-likeness (QED) is 0.910. The predicted molar refractivity (Wildman–Crippen MR) is 83.2 cm³/mol. The van der Waals surface area contributed by atoms with Crippen molar-refractivity contribution >= 4 is 5.91 Å². The minimum atomic E-state index is -4.61.